The molecule has 5 rings (SSSR count). The lowest BCUT2D eigenvalue weighted by Crippen LogP contribution is -2.12. The Morgan fingerprint density at radius 3 is 2.67 bits per heavy atom. The van der Waals surface area contributed by atoms with Gasteiger partial charge in [-0.2, -0.15) is 5.26 Å². The molecule has 2 aromatic heterocycles. The zero-order valence-corrected chi connectivity index (χ0v) is 21.7. The number of ether oxygens (including phenoxy) is 1. The smallest absolute Gasteiger partial charge is 0.374 e. The van der Waals surface area contributed by atoms with Crippen molar-refractivity contribution in [3.63, 3.8) is 0 Å². The van der Waals surface area contributed by atoms with Crippen molar-refractivity contribution >= 4 is 23.0 Å². The van der Waals surface area contributed by atoms with Gasteiger partial charge in [-0.1, -0.05) is 36.6 Å². The number of nitriles is 1. The lowest BCUT2D eigenvalue weighted by Gasteiger charge is -2.15. The maximum absolute atomic E-state index is 11.9. The molecule has 2 aromatic carbocycles. The fraction of sp³-hybridized carbons (Fsp3) is 0.345. The molecule has 0 spiro atoms. The zero-order valence-electron chi connectivity index (χ0n) is 21.7. The molecule has 0 saturated heterocycles. The predicted molar refractivity (Wildman–Crippen MR) is 146 cm³/mol. The van der Waals surface area contributed by atoms with Gasteiger partial charge in [0.05, 0.1) is 23.8 Å². The molecule has 200 valence electrons. The van der Waals surface area contributed by atoms with Crippen LogP contribution in [-0.4, -0.2) is 55.5 Å². The van der Waals surface area contributed by atoms with Crippen molar-refractivity contribution in [2.24, 2.45) is 5.92 Å². The summed E-state index contributed by atoms with van der Waals surface area (Å²) in [6.45, 7) is 3.37. The van der Waals surface area contributed by atoms with Gasteiger partial charge in [0.15, 0.2) is 11.5 Å². The number of aliphatic hydroxyl groups is 1. The number of aryl methyl sites for hydroxylation is 1. The summed E-state index contributed by atoms with van der Waals surface area (Å²) in [7, 11) is 0. The Hall–Kier alpha value is -4.49. The van der Waals surface area contributed by atoms with Gasteiger partial charge in [-0.05, 0) is 49.1 Å². The van der Waals surface area contributed by atoms with Crippen LogP contribution in [0.5, 0.6) is 5.75 Å². The van der Waals surface area contributed by atoms with E-state index in [9.17, 15) is 20.3 Å². The minimum Gasteiger partial charge on any atom is -0.493 e. The number of aliphatic hydroxyl groups excluding tert-OH is 1. The van der Waals surface area contributed by atoms with Crippen molar-refractivity contribution in [3.05, 3.63) is 65.0 Å². The molecular formula is C29H30N6O4. The van der Waals surface area contributed by atoms with E-state index in [1.807, 2.05) is 41.8 Å². The lowest BCUT2D eigenvalue weighted by molar-refractivity contribution is 0.0684. The molecule has 2 heterocycles. The van der Waals surface area contributed by atoms with Crippen LogP contribution in [0.3, 0.4) is 0 Å². The number of carboxylic acids is 1. The molecule has 1 aliphatic rings. The molecule has 39 heavy (non-hydrogen) atoms. The van der Waals surface area contributed by atoms with E-state index in [0.29, 0.717) is 60.5 Å². The topological polar surface area (TPSA) is 146 Å². The van der Waals surface area contributed by atoms with Gasteiger partial charge in [0.2, 0.25) is 5.82 Å². The maximum Gasteiger partial charge on any atom is 0.374 e. The van der Waals surface area contributed by atoms with Gasteiger partial charge in [-0.3, -0.25) is 0 Å². The largest absolute Gasteiger partial charge is 0.493 e. The first kappa shape index (κ1) is 26.1. The molecule has 0 bridgehead atoms. The lowest BCUT2D eigenvalue weighted by atomic mass is 10.1. The third-order valence-corrected chi connectivity index (χ3v) is 6.70. The van der Waals surface area contributed by atoms with E-state index < -0.39 is 5.97 Å². The van der Waals surface area contributed by atoms with Crippen LogP contribution in [0.1, 0.15) is 53.0 Å². The molecule has 0 unspecified atom stereocenters. The van der Waals surface area contributed by atoms with Gasteiger partial charge < -0.3 is 24.8 Å². The number of anilines is 1. The van der Waals surface area contributed by atoms with Gasteiger partial charge in [0.25, 0.3) is 0 Å². The number of imidazole rings is 1. The average molecular weight is 527 g/mol. The number of fused-ring (bicyclic) bond motifs is 1. The molecule has 0 atom stereocenters. The summed E-state index contributed by atoms with van der Waals surface area (Å²) >= 11 is 0. The molecule has 4 aromatic rings. The number of benzene rings is 2. The summed E-state index contributed by atoms with van der Waals surface area (Å²) in [5, 5.41) is 31.5. The molecule has 0 radical (unpaired) electrons. The minimum absolute atomic E-state index is 0.0157. The van der Waals surface area contributed by atoms with E-state index in [-0.39, 0.29) is 18.1 Å². The number of nitrogens with one attached hydrogen (secondary N) is 1. The van der Waals surface area contributed by atoms with Gasteiger partial charge in [-0.25, -0.2) is 19.7 Å². The van der Waals surface area contributed by atoms with E-state index >= 15 is 0 Å². The van der Waals surface area contributed by atoms with Crippen LogP contribution in [0, 0.1) is 24.2 Å². The fourth-order valence-corrected chi connectivity index (χ4v) is 4.47. The van der Waals surface area contributed by atoms with Gasteiger partial charge in [-0.15, -0.1) is 0 Å². The number of rotatable bonds is 12. The normalized spacial score (nSPS) is 12.8. The molecular weight excluding hydrogens is 496 g/mol. The SMILES string of the molecule is Cc1ccc(OCCCO)c(-c2nc3nc(C(=O)O)nc(NCCC4CC4)c3n2Cc2ccc(C#N)cc2)c1. The molecule has 10 nitrogen and oxygen atoms in total. The van der Waals surface area contributed by atoms with E-state index in [1.54, 1.807) is 12.1 Å². The number of carbonyl (C=O) groups is 1. The second kappa shape index (κ2) is 11.5. The molecule has 0 amide bonds. The van der Waals surface area contributed by atoms with Crippen molar-refractivity contribution in [3.8, 4) is 23.2 Å². The second-order valence-electron chi connectivity index (χ2n) is 9.79. The monoisotopic (exact) mass is 526 g/mol. The summed E-state index contributed by atoms with van der Waals surface area (Å²) in [4.78, 5) is 25.4. The van der Waals surface area contributed by atoms with Gasteiger partial charge >= 0.3 is 5.97 Å². The Kier molecular flexibility index (Phi) is 7.70. The number of carboxylic acid groups (broad SMARTS) is 1. The van der Waals surface area contributed by atoms with E-state index in [2.05, 4.69) is 21.4 Å². The third-order valence-electron chi connectivity index (χ3n) is 6.70. The fourth-order valence-electron chi connectivity index (χ4n) is 4.47. The first-order valence-corrected chi connectivity index (χ1v) is 13.1. The Morgan fingerprint density at radius 2 is 1.97 bits per heavy atom. The highest BCUT2D eigenvalue weighted by atomic mass is 16.5. The summed E-state index contributed by atoms with van der Waals surface area (Å²) in [6.07, 6.45) is 3.89. The van der Waals surface area contributed by atoms with Crippen LogP contribution in [0.2, 0.25) is 0 Å². The summed E-state index contributed by atoms with van der Waals surface area (Å²) in [5.41, 5.74) is 4.07. The average Bonchev–Trinajstić information content (AvgIpc) is 3.69. The number of nitrogens with zero attached hydrogens (tertiary/aromatic N) is 5. The van der Waals surface area contributed by atoms with Gasteiger partial charge in [0.1, 0.15) is 17.1 Å². The summed E-state index contributed by atoms with van der Waals surface area (Å²) < 4.78 is 7.98. The molecule has 3 N–H and O–H groups in total. The molecule has 1 aliphatic carbocycles. The molecule has 10 heteroatoms. The highest BCUT2D eigenvalue weighted by molar-refractivity contribution is 5.92. The quantitative estimate of drug-likeness (QED) is 0.229. The molecule has 0 aliphatic heterocycles. The highest BCUT2D eigenvalue weighted by Crippen LogP contribution is 2.36. The van der Waals surface area contributed by atoms with Crippen LogP contribution in [0.15, 0.2) is 42.5 Å². The van der Waals surface area contributed by atoms with Crippen molar-refractivity contribution in [1.29, 1.82) is 5.26 Å². The standard InChI is InChI=1S/C29H30N6O4/c1-18-3-10-23(39-14-2-13-36)22(15-18)28-34-26-24(35(28)17-21-8-6-20(16-30)7-9-21)25(31-12-11-19-4-5-19)32-27(33-26)29(37)38/h3,6-10,15,19,36H,2,4-5,11-14,17H2,1H3,(H,37,38)(H,31,32,33). The van der Waals surface area contributed by atoms with E-state index in [1.165, 1.54) is 12.8 Å². The highest BCUT2D eigenvalue weighted by Gasteiger charge is 2.25. The van der Waals surface area contributed by atoms with Crippen LogP contribution in [0.25, 0.3) is 22.6 Å². The minimum atomic E-state index is -1.23. The van der Waals surface area contributed by atoms with Gasteiger partial charge in [0, 0.05) is 26.1 Å². The predicted octanol–water partition coefficient (Wildman–Crippen LogP) is 4.39. The summed E-state index contributed by atoms with van der Waals surface area (Å²) in [6, 6.07) is 15.2. The van der Waals surface area contributed by atoms with Crippen molar-refractivity contribution < 1.29 is 19.7 Å². The van der Waals surface area contributed by atoms with E-state index in [0.717, 1.165) is 23.1 Å². The van der Waals surface area contributed by atoms with Crippen LogP contribution >= 0.6 is 0 Å². The third kappa shape index (κ3) is 5.99. The van der Waals surface area contributed by atoms with Crippen molar-refractivity contribution in [1.82, 2.24) is 19.5 Å². The number of aromatic nitrogens is 4. The Morgan fingerprint density at radius 1 is 1.18 bits per heavy atom. The zero-order chi connectivity index (χ0) is 27.4. The summed E-state index contributed by atoms with van der Waals surface area (Å²) in [5.74, 6) is 0.711. The van der Waals surface area contributed by atoms with Crippen LogP contribution in [0.4, 0.5) is 5.82 Å². The van der Waals surface area contributed by atoms with Crippen LogP contribution < -0.4 is 10.1 Å². The number of hydrogen-bond donors (Lipinski definition) is 3. The Bertz CT molecular complexity index is 1540. The Balaban J connectivity index is 1.68. The first-order valence-electron chi connectivity index (χ1n) is 13.1. The molecule has 1 saturated carbocycles. The first-order chi connectivity index (χ1) is 19.0. The number of hydrogen-bond acceptors (Lipinski definition) is 8. The Labute approximate surface area is 225 Å². The maximum atomic E-state index is 11.9. The second-order valence-corrected chi connectivity index (χ2v) is 9.79. The number of aromatic carboxylic acids is 1. The van der Waals surface area contributed by atoms with Crippen LogP contribution in [-0.2, 0) is 6.54 Å². The molecule has 1 fully saturated rings. The van der Waals surface area contributed by atoms with Crippen molar-refractivity contribution in [2.75, 3.05) is 25.1 Å². The van der Waals surface area contributed by atoms with E-state index in [4.69, 9.17) is 9.72 Å². The van der Waals surface area contributed by atoms with Crippen molar-refractivity contribution in [2.45, 2.75) is 39.2 Å².